The zero-order valence-corrected chi connectivity index (χ0v) is 20.1. The molecule has 0 amide bonds. The maximum absolute atomic E-state index is 10.4. The Morgan fingerprint density at radius 3 is 2.09 bits per heavy atom. The van der Waals surface area contributed by atoms with Crippen LogP contribution in [0.15, 0.2) is 90.0 Å². The van der Waals surface area contributed by atoms with Gasteiger partial charge in [0.1, 0.15) is 17.2 Å². The Morgan fingerprint density at radius 1 is 0.848 bits per heavy atom. The number of benzene rings is 3. The van der Waals surface area contributed by atoms with Crippen molar-refractivity contribution in [3.05, 3.63) is 102 Å². The molecule has 0 aliphatic carbocycles. The van der Waals surface area contributed by atoms with Gasteiger partial charge in [-0.3, -0.25) is 0 Å². The fraction of sp³-hybridized carbons (Fsp3) is 0.148. The molecular weight excluding hydrogens is 432 g/mol. The minimum atomic E-state index is -4.27. The number of fused-ring (bicyclic) bond motifs is 1. The predicted molar refractivity (Wildman–Crippen MR) is 134 cm³/mol. The average Bonchev–Trinajstić information content (AvgIpc) is 2.79. The molecule has 0 spiro atoms. The van der Waals surface area contributed by atoms with E-state index in [2.05, 4.69) is 104 Å². The highest BCUT2D eigenvalue weighted by atomic mass is 32.2. The summed E-state index contributed by atoms with van der Waals surface area (Å²) < 4.78 is 33.3. The SMILES string of the molecule is CN(C)c1ccc(C=Cc2cc[n+](C)c3ccccc23)cc1.Cc1ccc(S(=O)(=O)[O-])cc1. The van der Waals surface area contributed by atoms with E-state index in [1.807, 2.05) is 6.92 Å². The Morgan fingerprint density at radius 2 is 1.48 bits per heavy atom. The molecule has 33 heavy (non-hydrogen) atoms. The van der Waals surface area contributed by atoms with Gasteiger partial charge in [-0.2, -0.15) is 0 Å². The lowest BCUT2D eigenvalue weighted by Crippen LogP contribution is -2.28. The predicted octanol–water partition coefficient (Wildman–Crippen LogP) is 4.80. The molecule has 0 fully saturated rings. The first-order valence-corrected chi connectivity index (χ1v) is 11.9. The van der Waals surface area contributed by atoms with Gasteiger partial charge < -0.3 is 9.45 Å². The first kappa shape index (κ1) is 24.2. The molecule has 0 radical (unpaired) electrons. The maximum Gasteiger partial charge on any atom is 0.212 e. The minimum absolute atomic E-state index is 0.178. The first-order valence-electron chi connectivity index (χ1n) is 10.5. The van der Waals surface area contributed by atoms with E-state index in [0.29, 0.717) is 0 Å². The number of anilines is 1. The standard InChI is InChI=1S/C20H21N2.C7H8O3S/c1-21(2)18-12-9-16(10-13-18)8-11-17-14-15-22(3)20-7-5-4-6-19(17)20;1-6-2-4-7(5-3-6)11(8,9)10/h4-15H,1-3H3;2-5H,1H3,(H,8,9,10)/q+1;/p-1. The van der Waals surface area contributed by atoms with Crippen LogP contribution in [0, 0.1) is 6.92 Å². The zero-order valence-electron chi connectivity index (χ0n) is 19.3. The van der Waals surface area contributed by atoms with Gasteiger partial charge in [0.2, 0.25) is 5.52 Å². The van der Waals surface area contributed by atoms with Crippen molar-refractivity contribution in [3.8, 4) is 0 Å². The maximum atomic E-state index is 10.4. The lowest BCUT2D eigenvalue weighted by atomic mass is 10.1. The fourth-order valence-electron chi connectivity index (χ4n) is 3.31. The monoisotopic (exact) mass is 460 g/mol. The third-order valence-electron chi connectivity index (χ3n) is 5.25. The van der Waals surface area contributed by atoms with Crippen molar-refractivity contribution in [2.24, 2.45) is 7.05 Å². The van der Waals surface area contributed by atoms with Crippen molar-refractivity contribution in [3.63, 3.8) is 0 Å². The average molecular weight is 461 g/mol. The van der Waals surface area contributed by atoms with E-state index in [0.717, 1.165) is 5.56 Å². The van der Waals surface area contributed by atoms with Crippen LogP contribution in [0.5, 0.6) is 0 Å². The van der Waals surface area contributed by atoms with Gasteiger partial charge in [0.15, 0.2) is 6.20 Å². The van der Waals surface area contributed by atoms with Crippen LogP contribution in [0.3, 0.4) is 0 Å². The topological polar surface area (TPSA) is 64.3 Å². The number of para-hydroxylation sites is 1. The molecule has 6 heteroatoms. The van der Waals surface area contributed by atoms with Gasteiger partial charge in [0.05, 0.1) is 10.3 Å². The summed E-state index contributed by atoms with van der Waals surface area (Å²) in [6, 6.07) is 25.0. The second-order valence-electron chi connectivity index (χ2n) is 7.99. The number of rotatable bonds is 4. The summed E-state index contributed by atoms with van der Waals surface area (Å²) in [6.07, 6.45) is 6.46. The molecule has 4 aromatic rings. The third-order valence-corrected chi connectivity index (χ3v) is 6.10. The second-order valence-corrected chi connectivity index (χ2v) is 9.37. The van der Waals surface area contributed by atoms with Gasteiger partial charge >= 0.3 is 0 Å². The highest BCUT2D eigenvalue weighted by Gasteiger charge is 2.06. The summed E-state index contributed by atoms with van der Waals surface area (Å²) in [5, 5.41) is 1.27. The van der Waals surface area contributed by atoms with Crippen LogP contribution in [0.2, 0.25) is 0 Å². The molecular formula is C27H28N2O3S. The van der Waals surface area contributed by atoms with Crippen molar-refractivity contribution in [2.45, 2.75) is 11.8 Å². The summed E-state index contributed by atoms with van der Waals surface area (Å²) in [5.74, 6) is 0. The van der Waals surface area contributed by atoms with Gasteiger partial charge in [-0.15, -0.1) is 0 Å². The van der Waals surface area contributed by atoms with Crippen LogP contribution < -0.4 is 9.47 Å². The van der Waals surface area contributed by atoms with Crippen molar-refractivity contribution in [2.75, 3.05) is 19.0 Å². The summed E-state index contributed by atoms with van der Waals surface area (Å²) in [5.41, 5.74) is 5.84. The summed E-state index contributed by atoms with van der Waals surface area (Å²) in [7, 11) is 1.92. The van der Waals surface area contributed by atoms with Crippen LogP contribution in [0.25, 0.3) is 23.1 Å². The minimum Gasteiger partial charge on any atom is -0.744 e. The van der Waals surface area contributed by atoms with Crippen molar-refractivity contribution < 1.29 is 17.5 Å². The quantitative estimate of drug-likeness (QED) is 0.324. The largest absolute Gasteiger partial charge is 0.744 e. The van der Waals surface area contributed by atoms with Crippen LogP contribution in [0.1, 0.15) is 16.7 Å². The van der Waals surface area contributed by atoms with Crippen LogP contribution in [-0.4, -0.2) is 27.1 Å². The summed E-state index contributed by atoms with van der Waals surface area (Å²) >= 11 is 0. The van der Waals surface area contributed by atoms with Gasteiger partial charge in [0.25, 0.3) is 0 Å². The molecule has 4 rings (SSSR count). The van der Waals surface area contributed by atoms with Crippen molar-refractivity contribution >= 4 is 38.9 Å². The first-order chi connectivity index (χ1) is 15.6. The smallest absolute Gasteiger partial charge is 0.212 e. The molecule has 3 aromatic carbocycles. The molecule has 5 nitrogen and oxygen atoms in total. The van der Waals surface area contributed by atoms with Crippen LogP contribution in [0.4, 0.5) is 5.69 Å². The Hall–Kier alpha value is -3.48. The van der Waals surface area contributed by atoms with E-state index in [-0.39, 0.29) is 4.90 Å². The number of nitrogens with zero attached hydrogens (tertiary/aromatic N) is 2. The third kappa shape index (κ3) is 6.51. The van der Waals surface area contributed by atoms with Crippen molar-refractivity contribution in [1.29, 1.82) is 0 Å². The molecule has 0 aliphatic rings. The Bertz CT molecular complexity index is 1360. The van der Waals surface area contributed by atoms with E-state index >= 15 is 0 Å². The Kier molecular flexibility index (Phi) is 7.63. The summed E-state index contributed by atoms with van der Waals surface area (Å²) in [4.78, 5) is 1.93. The van der Waals surface area contributed by atoms with Crippen LogP contribution >= 0.6 is 0 Å². The van der Waals surface area contributed by atoms with E-state index in [9.17, 15) is 13.0 Å². The second kappa shape index (κ2) is 10.4. The molecule has 0 saturated heterocycles. The van der Waals surface area contributed by atoms with Crippen molar-refractivity contribution in [1.82, 2.24) is 0 Å². The molecule has 0 N–H and O–H groups in total. The lowest BCUT2D eigenvalue weighted by molar-refractivity contribution is -0.644. The van der Waals surface area contributed by atoms with E-state index in [1.54, 1.807) is 12.1 Å². The molecule has 170 valence electrons. The van der Waals surface area contributed by atoms with Crippen LogP contribution in [-0.2, 0) is 17.2 Å². The van der Waals surface area contributed by atoms with Gasteiger partial charge in [0, 0.05) is 31.9 Å². The number of hydrogen-bond donors (Lipinski definition) is 0. The summed E-state index contributed by atoms with van der Waals surface area (Å²) in [6.45, 7) is 1.82. The molecule has 0 atom stereocenters. The van der Waals surface area contributed by atoms with E-state index in [1.165, 1.54) is 39.8 Å². The Balaban J connectivity index is 0.000000235. The number of aromatic nitrogens is 1. The normalized spacial score (nSPS) is 11.3. The highest BCUT2D eigenvalue weighted by molar-refractivity contribution is 7.85. The highest BCUT2D eigenvalue weighted by Crippen LogP contribution is 2.19. The zero-order chi connectivity index (χ0) is 24.0. The molecule has 0 bridgehead atoms. The molecule has 0 saturated carbocycles. The fourth-order valence-corrected chi connectivity index (χ4v) is 3.78. The lowest BCUT2D eigenvalue weighted by Gasteiger charge is -2.11. The molecule has 0 aliphatic heterocycles. The number of aryl methyl sites for hydroxylation is 2. The van der Waals surface area contributed by atoms with Gasteiger partial charge in [-0.05, 0) is 48.4 Å². The molecule has 1 aromatic heterocycles. The number of pyridine rings is 1. The van der Waals surface area contributed by atoms with E-state index < -0.39 is 10.1 Å². The number of hydrogen-bond acceptors (Lipinski definition) is 4. The van der Waals surface area contributed by atoms with Gasteiger partial charge in [-0.25, -0.2) is 13.0 Å². The molecule has 0 unspecified atom stereocenters. The Labute approximate surface area is 196 Å². The van der Waals surface area contributed by atoms with Gasteiger partial charge in [-0.1, -0.05) is 54.1 Å². The molecule has 1 heterocycles. The van der Waals surface area contributed by atoms with E-state index in [4.69, 9.17) is 0 Å².